The Morgan fingerprint density at radius 1 is 0.857 bits per heavy atom. The molecule has 0 aliphatic heterocycles. The summed E-state index contributed by atoms with van der Waals surface area (Å²) in [6.07, 6.45) is 0. The van der Waals surface area contributed by atoms with Gasteiger partial charge in [0.05, 0.1) is 18.3 Å². The molecule has 10 heteroatoms. The number of ether oxygens (including phenoxy) is 1. The van der Waals surface area contributed by atoms with Crippen LogP contribution >= 0.6 is 23.2 Å². The minimum absolute atomic E-state index is 0.0834. The van der Waals surface area contributed by atoms with Gasteiger partial charge in [0, 0.05) is 21.1 Å². The molecule has 0 saturated carbocycles. The number of aromatic nitrogens is 1. The van der Waals surface area contributed by atoms with E-state index in [1.165, 1.54) is 11.8 Å². The fourth-order valence-corrected chi connectivity index (χ4v) is 3.84. The Bertz CT molecular complexity index is 1470. The van der Waals surface area contributed by atoms with Gasteiger partial charge in [-0.3, -0.25) is 19.8 Å². The van der Waals surface area contributed by atoms with Gasteiger partial charge in [0.25, 0.3) is 5.91 Å². The lowest BCUT2D eigenvalue weighted by atomic mass is 10.2. The summed E-state index contributed by atoms with van der Waals surface area (Å²) >= 11 is 12.3. The number of para-hydroxylation sites is 2. The van der Waals surface area contributed by atoms with E-state index in [-0.39, 0.29) is 5.69 Å². The zero-order chi connectivity index (χ0) is 25.1. The maximum absolute atomic E-state index is 13.2. The Labute approximate surface area is 210 Å². The van der Waals surface area contributed by atoms with Crippen LogP contribution in [0.15, 0.2) is 66.7 Å². The second-order valence-corrected chi connectivity index (χ2v) is 8.37. The van der Waals surface area contributed by atoms with Crippen molar-refractivity contribution in [1.82, 2.24) is 4.68 Å². The van der Waals surface area contributed by atoms with Crippen LogP contribution in [-0.2, 0) is 9.59 Å². The minimum atomic E-state index is -0.989. The molecule has 0 bridgehead atoms. The van der Waals surface area contributed by atoms with Gasteiger partial charge >= 0.3 is 11.8 Å². The van der Waals surface area contributed by atoms with E-state index in [0.717, 1.165) is 0 Å². The third kappa shape index (κ3) is 5.08. The van der Waals surface area contributed by atoms with Crippen molar-refractivity contribution >= 4 is 63.2 Å². The van der Waals surface area contributed by atoms with Gasteiger partial charge in [0.2, 0.25) is 0 Å². The molecule has 0 saturated heterocycles. The second-order valence-electron chi connectivity index (χ2n) is 7.53. The average Bonchev–Trinajstić information content (AvgIpc) is 3.19. The highest BCUT2D eigenvalue weighted by atomic mass is 35.5. The summed E-state index contributed by atoms with van der Waals surface area (Å²) in [6, 6.07) is 18.3. The molecule has 3 amide bonds. The van der Waals surface area contributed by atoms with E-state index in [2.05, 4.69) is 16.1 Å². The Kier molecular flexibility index (Phi) is 6.95. The summed E-state index contributed by atoms with van der Waals surface area (Å²) < 4.78 is 6.44. The molecule has 8 nitrogen and oxygen atoms in total. The molecule has 3 N–H and O–H groups in total. The van der Waals surface area contributed by atoms with Crippen LogP contribution in [0.2, 0.25) is 10.0 Å². The van der Waals surface area contributed by atoms with Crippen molar-refractivity contribution < 1.29 is 19.1 Å². The first-order valence-corrected chi connectivity index (χ1v) is 11.2. The zero-order valence-corrected chi connectivity index (χ0v) is 20.2. The number of carbonyl (C=O) groups is 3. The minimum Gasteiger partial charge on any atom is -0.495 e. The molecule has 0 unspecified atom stereocenters. The number of carbonyl (C=O) groups excluding carboxylic acids is 3. The van der Waals surface area contributed by atoms with Crippen LogP contribution in [0.25, 0.3) is 10.9 Å². The number of hydrogen-bond acceptors (Lipinski definition) is 4. The van der Waals surface area contributed by atoms with Crippen LogP contribution in [0.1, 0.15) is 16.1 Å². The first-order valence-electron chi connectivity index (χ1n) is 10.4. The molecular formula is C25H20Cl2N4O4. The predicted molar refractivity (Wildman–Crippen MR) is 137 cm³/mol. The number of halogens is 2. The molecule has 0 aliphatic carbocycles. The van der Waals surface area contributed by atoms with Gasteiger partial charge in [-0.25, -0.2) is 4.68 Å². The van der Waals surface area contributed by atoms with Crippen LogP contribution in [0, 0.1) is 6.92 Å². The maximum atomic E-state index is 13.2. The van der Waals surface area contributed by atoms with Crippen molar-refractivity contribution in [3.63, 3.8) is 0 Å². The zero-order valence-electron chi connectivity index (χ0n) is 18.7. The average molecular weight is 511 g/mol. The van der Waals surface area contributed by atoms with Gasteiger partial charge in [0.15, 0.2) is 0 Å². The number of benzene rings is 3. The van der Waals surface area contributed by atoms with E-state index in [1.54, 1.807) is 73.7 Å². The summed E-state index contributed by atoms with van der Waals surface area (Å²) in [5.74, 6) is -2.06. The van der Waals surface area contributed by atoms with Gasteiger partial charge in [-0.1, -0.05) is 41.4 Å². The lowest BCUT2D eigenvalue weighted by Gasteiger charge is -2.14. The van der Waals surface area contributed by atoms with Crippen LogP contribution in [-0.4, -0.2) is 29.5 Å². The maximum Gasteiger partial charge on any atom is 0.328 e. The number of anilines is 2. The van der Waals surface area contributed by atoms with Gasteiger partial charge in [-0.2, -0.15) is 0 Å². The van der Waals surface area contributed by atoms with Crippen molar-refractivity contribution in [3.8, 4) is 5.75 Å². The smallest absolute Gasteiger partial charge is 0.328 e. The Morgan fingerprint density at radius 2 is 1.60 bits per heavy atom. The van der Waals surface area contributed by atoms with Crippen molar-refractivity contribution in [2.45, 2.75) is 6.92 Å². The van der Waals surface area contributed by atoms with E-state index < -0.39 is 17.7 Å². The summed E-state index contributed by atoms with van der Waals surface area (Å²) in [6.45, 7) is 1.78. The Morgan fingerprint density at radius 3 is 2.37 bits per heavy atom. The fourth-order valence-electron chi connectivity index (χ4n) is 3.48. The summed E-state index contributed by atoms with van der Waals surface area (Å²) in [5, 5.41) is 6.84. The molecule has 0 radical (unpaired) electrons. The standard InChI is InChI=1S/C25H20Cl2N4O4/c1-14-17(27)6-5-8-18(14)28-23(32)21-13-15-12-16(26)10-11-20(15)31(21)30-25(34)24(33)29-19-7-3-4-9-22(19)35-2/h3-13H,1-2H3,(H,28,32)(H,29,33)(H,30,34). The molecule has 0 aliphatic rings. The molecule has 178 valence electrons. The molecule has 4 rings (SSSR count). The van der Waals surface area contributed by atoms with Crippen molar-refractivity contribution in [2.24, 2.45) is 0 Å². The molecule has 0 atom stereocenters. The number of nitrogens with zero attached hydrogens (tertiary/aromatic N) is 1. The normalized spacial score (nSPS) is 10.6. The van der Waals surface area contributed by atoms with E-state index in [9.17, 15) is 14.4 Å². The molecule has 0 spiro atoms. The molecule has 4 aromatic rings. The largest absolute Gasteiger partial charge is 0.495 e. The number of fused-ring (bicyclic) bond motifs is 1. The van der Waals surface area contributed by atoms with Crippen LogP contribution < -0.4 is 20.8 Å². The SMILES string of the molecule is COc1ccccc1NC(=O)C(=O)Nn1c(C(=O)Nc2cccc(Cl)c2C)cc2cc(Cl)ccc21. The molecule has 1 heterocycles. The monoisotopic (exact) mass is 510 g/mol. The predicted octanol–water partition coefficient (Wildman–Crippen LogP) is 5.23. The number of methoxy groups -OCH3 is 1. The van der Waals surface area contributed by atoms with Crippen molar-refractivity contribution in [2.75, 3.05) is 23.2 Å². The van der Waals surface area contributed by atoms with Crippen LogP contribution in [0.4, 0.5) is 11.4 Å². The number of nitrogens with one attached hydrogen (secondary N) is 3. The molecule has 0 fully saturated rings. The first-order chi connectivity index (χ1) is 16.8. The molecule has 3 aromatic carbocycles. The van der Waals surface area contributed by atoms with Gasteiger partial charge in [-0.05, 0) is 61.0 Å². The number of hydrogen-bond donors (Lipinski definition) is 3. The van der Waals surface area contributed by atoms with E-state index in [1.807, 2.05) is 0 Å². The van der Waals surface area contributed by atoms with Gasteiger partial charge < -0.3 is 15.4 Å². The molecule has 35 heavy (non-hydrogen) atoms. The lowest BCUT2D eigenvalue weighted by molar-refractivity contribution is -0.133. The highest BCUT2D eigenvalue weighted by molar-refractivity contribution is 6.42. The quantitative estimate of drug-likeness (QED) is 0.320. The van der Waals surface area contributed by atoms with E-state index in [4.69, 9.17) is 27.9 Å². The topological polar surface area (TPSA) is 101 Å². The van der Waals surface area contributed by atoms with Crippen molar-refractivity contribution in [1.29, 1.82) is 0 Å². The fraction of sp³-hybridized carbons (Fsp3) is 0.0800. The van der Waals surface area contributed by atoms with E-state index >= 15 is 0 Å². The molecule has 1 aromatic heterocycles. The highest BCUT2D eigenvalue weighted by Crippen LogP contribution is 2.27. The van der Waals surface area contributed by atoms with Crippen LogP contribution in [0.3, 0.4) is 0 Å². The van der Waals surface area contributed by atoms with E-state index in [0.29, 0.717) is 43.6 Å². The lowest BCUT2D eigenvalue weighted by Crippen LogP contribution is -2.36. The van der Waals surface area contributed by atoms with Crippen molar-refractivity contribution in [3.05, 3.63) is 88.0 Å². The number of amides is 3. The van der Waals surface area contributed by atoms with Gasteiger partial charge in [-0.15, -0.1) is 0 Å². The summed E-state index contributed by atoms with van der Waals surface area (Å²) in [7, 11) is 1.45. The summed E-state index contributed by atoms with van der Waals surface area (Å²) in [4.78, 5) is 38.6. The summed E-state index contributed by atoms with van der Waals surface area (Å²) in [5.41, 5.74) is 4.58. The van der Waals surface area contributed by atoms with Crippen LogP contribution in [0.5, 0.6) is 5.75 Å². The van der Waals surface area contributed by atoms with Gasteiger partial charge in [0.1, 0.15) is 11.4 Å². The highest BCUT2D eigenvalue weighted by Gasteiger charge is 2.22. The Hall–Kier alpha value is -4.01. The third-order valence-corrected chi connectivity index (χ3v) is 5.93. The third-order valence-electron chi connectivity index (χ3n) is 5.29. The first kappa shape index (κ1) is 24.1. The molecular weight excluding hydrogens is 491 g/mol. The Balaban J connectivity index is 1.65. The number of rotatable bonds is 5. The second kappa shape index (κ2) is 10.1.